The average Bonchev–Trinajstić information content (AvgIpc) is 2.61. The number of hydrogen-bond acceptors (Lipinski definition) is 5. The van der Waals surface area contributed by atoms with Gasteiger partial charge in [-0.05, 0) is 77.1 Å². The lowest BCUT2D eigenvalue weighted by Gasteiger charge is -2.28. The molecule has 1 rings (SSSR count). The van der Waals surface area contributed by atoms with E-state index in [0.29, 0.717) is 17.0 Å². The van der Waals surface area contributed by atoms with Crippen molar-refractivity contribution in [2.45, 2.75) is 59.7 Å². The Balaban J connectivity index is 2.98. The van der Waals surface area contributed by atoms with Crippen LogP contribution in [0.1, 0.15) is 64.2 Å². The van der Waals surface area contributed by atoms with E-state index in [1.807, 2.05) is 6.92 Å². The highest BCUT2D eigenvalue weighted by Gasteiger charge is 2.39. The first-order chi connectivity index (χ1) is 13.2. The predicted octanol–water partition coefficient (Wildman–Crippen LogP) is 6.86. The first kappa shape index (κ1) is 24.9. The fraction of sp³-hybridized carbons (Fsp3) is 0.571. The monoisotopic (exact) mass is 430 g/mol. The molecule has 0 fully saturated rings. The molecule has 0 saturated carbocycles. The van der Waals surface area contributed by atoms with Gasteiger partial charge in [0.2, 0.25) is 5.85 Å². The molecule has 1 aromatic carbocycles. The molecule has 7 heteroatoms. The largest absolute Gasteiger partial charge is 0.446 e. The van der Waals surface area contributed by atoms with E-state index in [4.69, 9.17) is 25.4 Å². The molecule has 0 bridgehead atoms. The minimum absolute atomic E-state index is 0.174. The lowest BCUT2D eigenvalue weighted by Crippen LogP contribution is -2.23. The predicted molar refractivity (Wildman–Crippen MR) is 114 cm³/mol. The number of allylic oxidation sites excluding steroid dienone is 2. The van der Waals surface area contributed by atoms with Gasteiger partial charge >= 0.3 is 13.6 Å². The number of halogens is 1. The van der Waals surface area contributed by atoms with Crippen molar-refractivity contribution in [3.8, 4) is 0 Å². The molecule has 0 heterocycles. The summed E-state index contributed by atoms with van der Waals surface area (Å²) in [5.41, 5.74) is 1.60. The summed E-state index contributed by atoms with van der Waals surface area (Å²) in [5.74, 6) is -1.36. The van der Waals surface area contributed by atoms with Crippen molar-refractivity contribution < 1.29 is 23.1 Å². The lowest BCUT2D eigenvalue weighted by atomic mass is 10.0. The van der Waals surface area contributed by atoms with Gasteiger partial charge in [0.15, 0.2) is 0 Å². The van der Waals surface area contributed by atoms with Crippen LogP contribution in [0.15, 0.2) is 35.9 Å². The van der Waals surface area contributed by atoms with Gasteiger partial charge in [-0.3, -0.25) is 4.57 Å². The number of esters is 1. The molecule has 1 aromatic rings. The first-order valence-corrected chi connectivity index (χ1v) is 11.7. The highest BCUT2D eigenvalue weighted by molar-refractivity contribution is 7.54. The van der Waals surface area contributed by atoms with Gasteiger partial charge in [0.1, 0.15) is 0 Å². The third kappa shape index (κ3) is 8.48. The highest BCUT2D eigenvalue weighted by Crippen LogP contribution is 2.55. The van der Waals surface area contributed by atoms with Crippen LogP contribution in [-0.2, 0) is 18.3 Å². The minimum Gasteiger partial charge on any atom is -0.446 e. The molecule has 0 spiro atoms. The number of benzene rings is 1. The van der Waals surface area contributed by atoms with Crippen molar-refractivity contribution in [2.24, 2.45) is 5.92 Å². The van der Waals surface area contributed by atoms with E-state index < -0.39 is 19.4 Å². The maximum absolute atomic E-state index is 13.3. The summed E-state index contributed by atoms with van der Waals surface area (Å²) < 4.78 is 29.8. The molecule has 0 radical (unpaired) electrons. The molecule has 0 aliphatic rings. The molecule has 0 aromatic heterocycles. The molecule has 0 aliphatic heterocycles. The normalized spacial score (nSPS) is 13.6. The van der Waals surface area contributed by atoms with Crippen LogP contribution in [0.25, 0.3) is 0 Å². The molecular formula is C21H32ClO5P. The standard InChI is InChI=1S/C21H32ClO5P/c1-6-25-28(24,26-7-2)20(15-17(5)10-8-9-16(3)4)27-21(23)18-11-13-19(22)14-12-18/h9,11-14,17,20H,6-8,10,15H2,1-5H3. The summed E-state index contributed by atoms with van der Waals surface area (Å²) in [7, 11) is -3.60. The summed E-state index contributed by atoms with van der Waals surface area (Å²) >= 11 is 5.88. The van der Waals surface area contributed by atoms with E-state index in [1.54, 1.807) is 38.1 Å². The van der Waals surface area contributed by atoms with Crippen molar-refractivity contribution in [3.63, 3.8) is 0 Å². The minimum atomic E-state index is -3.60. The Morgan fingerprint density at radius 3 is 2.21 bits per heavy atom. The van der Waals surface area contributed by atoms with Gasteiger partial charge in [-0.15, -0.1) is 0 Å². The summed E-state index contributed by atoms with van der Waals surface area (Å²) in [5, 5.41) is 0.523. The van der Waals surface area contributed by atoms with Crippen LogP contribution in [0.5, 0.6) is 0 Å². The SMILES string of the molecule is CCOP(=O)(OCC)C(CC(C)CCC=C(C)C)OC(=O)c1ccc(Cl)cc1. The summed E-state index contributed by atoms with van der Waals surface area (Å²) in [6, 6.07) is 6.37. The number of rotatable bonds is 12. The summed E-state index contributed by atoms with van der Waals surface area (Å²) in [6.45, 7) is 10.0. The van der Waals surface area contributed by atoms with Crippen LogP contribution >= 0.6 is 19.2 Å². The second-order valence-corrected chi connectivity index (χ2v) is 9.55. The van der Waals surface area contributed by atoms with Gasteiger partial charge in [0.25, 0.3) is 0 Å². The Labute approximate surface area is 173 Å². The second-order valence-electron chi connectivity index (χ2n) is 6.94. The zero-order valence-corrected chi connectivity index (χ0v) is 19.1. The van der Waals surface area contributed by atoms with Crippen molar-refractivity contribution in [1.29, 1.82) is 0 Å². The van der Waals surface area contributed by atoms with E-state index >= 15 is 0 Å². The number of carbonyl (C=O) groups excluding carboxylic acids is 1. The maximum Gasteiger partial charge on any atom is 0.370 e. The van der Waals surface area contributed by atoms with Gasteiger partial charge in [0, 0.05) is 5.02 Å². The van der Waals surface area contributed by atoms with Crippen LogP contribution in [0.3, 0.4) is 0 Å². The van der Waals surface area contributed by atoms with Crippen molar-refractivity contribution in [1.82, 2.24) is 0 Å². The Morgan fingerprint density at radius 2 is 1.71 bits per heavy atom. The molecule has 5 nitrogen and oxygen atoms in total. The fourth-order valence-electron chi connectivity index (χ4n) is 2.70. The Hall–Kier alpha value is -1.13. The third-order valence-electron chi connectivity index (χ3n) is 4.11. The van der Waals surface area contributed by atoms with E-state index in [9.17, 15) is 9.36 Å². The molecule has 0 aliphatic carbocycles. The van der Waals surface area contributed by atoms with E-state index in [-0.39, 0.29) is 19.1 Å². The molecule has 2 unspecified atom stereocenters. The first-order valence-electron chi connectivity index (χ1n) is 9.70. The van der Waals surface area contributed by atoms with Crippen molar-refractivity contribution in [2.75, 3.05) is 13.2 Å². The average molecular weight is 431 g/mol. The van der Waals surface area contributed by atoms with Crippen LogP contribution in [0.2, 0.25) is 5.02 Å². The van der Waals surface area contributed by atoms with Gasteiger partial charge in [0.05, 0.1) is 18.8 Å². The summed E-state index contributed by atoms with van der Waals surface area (Å²) in [6.07, 6.45) is 4.36. The molecule has 28 heavy (non-hydrogen) atoms. The number of carbonyl (C=O) groups is 1. The van der Waals surface area contributed by atoms with E-state index in [0.717, 1.165) is 12.8 Å². The van der Waals surface area contributed by atoms with Crippen LogP contribution < -0.4 is 0 Å². The third-order valence-corrected chi connectivity index (χ3v) is 6.62. The van der Waals surface area contributed by atoms with Gasteiger partial charge in [-0.2, -0.15) is 0 Å². The number of ether oxygens (including phenoxy) is 1. The second kappa shape index (κ2) is 12.4. The summed E-state index contributed by atoms with van der Waals surface area (Å²) in [4.78, 5) is 12.6. The van der Waals surface area contributed by atoms with Crippen LogP contribution in [-0.4, -0.2) is 25.0 Å². The zero-order chi connectivity index (χ0) is 21.2. The lowest BCUT2D eigenvalue weighted by molar-refractivity contribution is 0.0324. The Morgan fingerprint density at radius 1 is 1.14 bits per heavy atom. The molecule has 0 N–H and O–H groups in total. The van der Waals surface area contributed by atoms with E-state index in [1.165, 1.54) is 5.57 Å². The quantitative estimate of drug-likeness (QED) is 0.206. The highest BCUT2D eigenvalue weighted by atomic mass is 35.5. The van der Waals surface area contributed by atoms with Crippen LogP contribution in [0, 0.1) is 5.92 Å². The Kier molecular flexibility index (Phi) is 11.1. The molecular weight excluding hydrogens is 399 g/mol. The topological polar surface area (TPSA) is 61.8 Å². The molecule has 158 valence electrons. The smallest absolute Gasteiger partial charge is 0.370 e. The molecule has 2 atom stereocenters. The van der Waals surface area contributed by atoms with E-state index in [2.05, 4.69) is 19.9 Å². The molecule has 0 amide bonds. The van der Waals surface area contributed by atoms with Crippen molar-refractivity contribution in [3.05, 3.63) is 46.5 Å². The number of hydrogen-bond donors (Lipinski definition) is 0. The van der Waals surface area contributed by atoms with Gasteiger partial charge in [-0.1, -0.05) is 30.2 Å². The fourth-order valence-corrected chi connectivity index (χ4v) is 4.80. The van der Waals surface area contributed by atoms with Gasteiger partial charge < -0.3 is 13.8 Å². The van der Waals surface area contributed by atoms with Crippen LogP contribution in [0.4, 0.5) is 0 Å². The van der Waals surface area contributed by atoms with Crippen molar-refractivity contribution >= 4 is 25.2 Å². The molecule has 0 saturated heterocycles. The van der Waals surface area contributed by atoms with Gasteiger partial charge in [-0.25, -0.2) is 4.79 Å². The zero-order valence-electron chi connectivity index (χ0n) is 17.4. The Bertz CT molecular complexity index is 673. The maximum atomic E-state index is 13.3.